The van der Waals surface area contributed by atoms with Crippen LogP contribution in [0.3, 0.4) is 0 Å². The molecule has 1 aromatic carbocycles. The molecule has 0 aromatic heterocycles. The van der Waals surface area contributed by atoms with Gasteiger partial charge in [0, 0.05) is 13.2 Å². The highest BCUT2D eigenvalue weighted by atomic mass is 16.5. The summed E-state index contributed by atoms with van der Waals surface area (Å²) in [6.07, 6.45) is 2.15. The summed E-state index contributed by atoms with van der Waals surface area (Å²) in [6, 6.07) is 6.43. The largest absolute Gasteiger partial charge is 0.484 e. The van der Waals surface area contributed by atoms with Gasteiger partial charge in [-0.2, -0.15) is 0 Å². The summed E-state index contributed by atoms with van der Waals surface area (Å²) >= 11 is 0. The molecule has 1 atom stereocenters. The average molecular weight is 293 g/mol. The van der Waals surface area contributed by atoms with E-state index in [9.17, 15) is 9.59 Å². The smallest absolute Gasteiger partial charge is 0.337 e. The normalized spacial score (nSPS) is 17.3. The van der Waals surface area contributed by atoms with Crippen LogP contribution in [0.4, 0.5) is 0 Å². The van der Waals surface area contributed by atoms with Gasteiger partial charge in [0.1, 0.15) is 5.75 Å². The monoisotopic (exact) mass is 293 g/mol. The van der Waals surface area contributed by atoms with Crippen molar-refractivity contribution >= 4 is 11.9 Å². The molecule has 1 amide bonds. The molecule has 1 heterocycles. The fourth-order valence-corrected chi connectivity index (χ4v) is 2.04. The van der Waals surface area contributed by atoms with Crippen LogP contribution in [0.5, 0.6) is 5.75 Å². The molecule has 0 aliphatic carbocycles. The van der Waals surface area contributed by atoms with Gasteiger partial charge in [-0.25, -0.2) is 4.79 Å². The van der Waals surface area contributed by atoms with Gasteiger partial charge in [-0.3, -0.25) is 4.79 Å². The van der Waals surface area contributed by atoms with E-state index in [1.165, 1.54) is 7.11 Å². The Morgan fingerprint density at radius 2 is 2.10 bits per heavy atom. The van der Waals surface area contributed by atoms with Gasteiger partial charge in [-0.15, -0.1) is 0 Å². The molecule has 1 aliphatic heterocycles. The topological polar surface area (TPSA) is 73.9 Å². The Kier molecular flexibility index (Phi) is 5.57. The van der Waals surface area contributed by atoms with Gasteiger partial charge in [0.2, 0.25) is 0 Å². The summed E-state index contributed by atoms with van der Waals surface area (Å²) in [4.78, 5) is 22.9. The van der Waals surface area contributed by atoms with Crippen molar-refractivity contribution in [3.8, 4) is 5.75 Å². The molecule has 1 N–H and O–H groups in total. The number of amides is 1. The number of hydrogen-bond acceptors (Lipinski definition) is 5. The third-order valence-corrected chi connectivity index (χ3v) is 3.20. The number of benzene rings is 1. The van der Waals surface area contributed by atoms with Gasteiger partial charge in [0.05, 0.1) is 18.8 Å². The van der Waals surface area contributed by atoms with Crippen molar-refractivity contribution < 1.29 is 23.8 Å². The predicted molar refractivity (Wildman–Crippen MR) is 75.3 cm³/mol. The van der Waals surface area contributed by atoms with Crippen molar-refractivity contribution in [2.24, 2.45) is 0 Å². The molecule has 1 aromatic rings. The zero-order chi connectivity index (χ0) is 15.1. The van der Waals surface area contributed by atoms with Gasteiger partial charge < -0.3 is 19.5 Å². The molecule has 0 saturated carbocycles. The highest BCUT2D eigenvalue weighted by molar-refractivity contribution is 5.89. The van der Waals surface area contributed by atoms with Crippen LogP contribution in [0.15, 0.2) is 24.3 Å². The molecule has 0 spiro atoms. The highest BCUT2D eigenvalue weighted by Gasteiger charge is 2.16. The number of esters is 1. The number of nitrogens with one attached hydrogen (secondary N) is 1. The summed E-state index contributed by atoms with van der Waals surface area (Å²) < 4.78 is 15.4. The van der Waals surface area contributed by atoms with Crippen LogP contribution >= 0.6 is 0 Å². The average Bonchev–Trinajstić information content (AvgIpc) is 3.04. The van der Waals surface area contributed by atoms with E-state index in [0.717, 1.165) is 19.4 Å². The molecule has 1 fully saturated rings. The maximum atomic E-state index is 11.6. The van der Waals surface area contributed by atoms with Crippen molar-refractivity contribution in [2.45, 2.75) is 18.9 Å². The lowest BCUT2D eigenvalue weighted by atomic mass is 10.2. The first kappa shape index (κ1) is 15.3. The molecular formula is C15H19NO5. The minimum atomic E-state index is -0.407. The Morgan fingerprint density at radius 3 is 2.71 bits per heavy atom. The lowest BCUT2D eigenvalue weighted by molar-refractivity contribution is -0.123. The number of carbonyl (C=O) groups excluding carboxylic acids is 2. The SMILES string of the molecule is COC(=O)c1ccc(OCC(=O)NC[C@@H]2CCCO2)cc1. The second-order valence-electron chi connectivity index (χ2n) is 4.74. The summed E-state index contributed by atoms with van der Waals surface area (Å²) in [6.45, 7) is 1.22. The van der Waals surface area contributed by atoms with Crippen LogP contribution in [0.1, 0.15) is 23.2 Å². The van der Waals surface area contributed by atoms with Gasteiger partial charge in [-0.05, 0) is 37.1 Å². The fraction of sp³-hybridized carbons (Fsp3) is 0.467. The molecule has 0 radical (unpaired) electrons. The van der Waals surface area contributed by atoms with Crippen LogP contribution in [0.25, 0.3) is 0 Å². The molecule has 1 aliphatic rings. The summed E-state index contributed by atoms with van der Waals surface area (Å²) in [5, 5.41) is 2.77. The summed E-state index contributed by atoms with van der Waals surface area (Å²) in [7, 11) is 1.32. The molecule has 1 saturated heterocycles. The number of hydrogen-bond donors (Lipinski definition) is 1. The second-order valence-corrected chi connectivity index (χ2v) is 4.74. The van der Waals surface area contributed by atoms with Crippen molar-refractivity contribution in [1.82, 2.24) is 5.32 Å². The first-order valence-electron chi connectivity index (χ1n) is 6.88. The lowest BCUT2D eigenvalue weighted by Gasteiger charge is -2.11. The molecule has 6 heteroatoms. The van der Waals surface area contributed by atoms with Gasteiger partial charge in [-0.1, -0.05) is 0 Å². The van der Waals surface area contributed by atoms with Crippen LogP contribution in [-0.4, -0.2) is 44.8 Å². The molecule has 114 valence electrons. The van der Waals surface area contributed by atoms with Crippen LogP contribution in [0, 0.1) is 0 Å². The number of carbonyl (C=O) groups is 2. The van der Waals surface area contributed by atoms with Gasteiger partial charge >= 0.3 is 5.97 Å². The highest BCUT2D eigenvalue weighted by Crippen LogP contribution is 2.13. The Hall–Kier alpha value is -2.08. The van der Waals surface area contributed by atoms with E-state index in [-0.39, 0.29) is 18.6 Å². The van der Waals surface area contributed by atoms with Crippen molar-refractivity contribution in [1.29, 1.82) is 0 Å². The first-order chi connectivity index (χ1) is 10.2. The van der Waals surface area contributed by atoms with E-state index in [1.54, 1.807) is 24.3 Å². The van der Waals surface area contributed by atoms with E-state index < -0.39 is 5.97 Å². The minimum Gasteiger partial charge on any atom is -0.484 e. The van der Waals surface area contributed by atoms with E-state index >= 15 is 0 Å². The van der Waals surface area contributed by atoms with Crippen molar-refractivity contribution in [2.75, 3.05) is 26.9 Å². The Morgan fingerprint density at radius 1 is 1.33 bits per heavy atom. The van der Waals surface area contributed by atoms with Crippen molar-refractivity contribution in [3.05, 3.63) is 29.8 Å². The van der Waals surface area contributed by atoms with Gasteiger partial charge in [0.25, 0.3) is 5.91 Å². The molecular weight excluding hydrogens is 274 g/mol. The van der Waals surface area contributed by atoms with Gasteiger partial charge in [0.15, 0.2) is 6.61 Å². The summed E-state index contributed by atoms with van der Waals surface area (Å²) in [5.41, 5.74) is 0.438. The molecule has 2 rings (SSSR count). The predicted octanol–water partition coefficient (Wildman–Crippen LogP) is 1.15. The quantitative estimate of drug-likeness (QED) is 0.796. The number of rotatable bonds is 6. The first-order valence-corrected chi connectivity index (χ1v) is 6.88. The number of methoxy groups -OCH3 is 1. The van der Waals surface area contributed by atoms with Crippen molar-refractivity contribution in [3.63, 3.8) is 0 Å². The maximum Gasteiger partial charge on any atom is 0.337 e. The summed E-state index contributed by atoms with van der Waals surface area (Å²) in [5.74, 6) is -0.0756. The lowest BCUT2D eigenvalue weighted by Crippen LogP contribution is -2.35. The van der Waals surface area contributed by atoms with E-state index in [4.69, 9.17) is 9.47 Å². The van der Waals surface area contributed by atoms with Crippen LogP contribution in [-0.2, 0) is 14.3 Å². The zero-order valence-electron chi connectivity index (χ0n) is 12.0. The molecule has 6 nitrogen and oxygen atoms in total. The maximum absolute atomic E-state index is 11.6. The van der Waals surface area contributed by atoms with Crippen LogP contribution in [0.2, 0.25) is 0 Å². The third kappa shape index (κ3) is 4.75. The number of ether oxygens (including phenoxy) is 3. The Labute approximate surface area is 123 Å². The van der Waals surface area contributed by atoms with E-state index in [0.29, 0.717) is 17.9 Å². The fourth-order valence-electron chi connectivity index (χ4n) is 2.04. The zero-order valence-corrected chi connectivity index (χ0v) is 12.0. The van der Waals surface area contributed by atoms with E-state index in [2.05, 4.69) is 10.1 Å². The second kappa shape index (κ2) is 7.64. The molecule has 0 bridgehead atoms. The Bertz CT molecular complexity index is 479. The Balaban J connectivity index is 1.71. The molecule has 21 heavy (non-hydrogen) atoms. The minimum absolute atomic E-state index is 0.0652. The third-order valence-electron chi connectivity index (χ3n) is 3.20. The van der Waals surface area contributed by atoms with Crippen LogP contribution < -0.4 is 10.1 Å². The van der Waals surface area contributed by atoms with E-state index in [1.807, 2.05) is 0 Å². The standard InChI is InChI=1S/C15H19NO5/c1-19-15(18)11-4-6-12(7-5-11)21-10-14(17)16-9-13-3-2-8-20-13/h4-7,13H,2-3,8-10H2,1H3,(H,16,17)/t13-/m0/s1. The molecule has 0 unspecified atom stereocenters.